The minimum absolute atomic E-state index is 0.224. The molecule has 0 radical (unpaired) electrons. The van der Waals surface area contributed by atoms with Crippen LogP contribution in [0.4, 0.5) is 5.69 Å². The van der Waals surface area contributed by atoms with Crippen molar-refractivity contribution in [3.8, 4) is 0 Å². The number of nitrogens with zero attached hydrogens (tertiary/aromatic N) is 1. The highest BCUT2D eigenvalue weighted by atomic mass is 32.2. The van der Waals surface area contributed by atoms with Crippen molar-refractivity contribution in [3.63, 3.8) is 0 Å². The fourth-order valence-electron chi connectivity index (χ4n) is 2.84. The summed E-state index contributed by atoms with van der Waals surface area (Å²) in [5.41, 5.74) is 4.31. The summed E-state index contributed by atoms with van der Waals surface area (Å²) in [4.78, 5) is 7.96. The molecule has 0 unspecified atom stereocenters. The van der Waals surface area contributed by atoms with E-state index in [0.29, 0.717) is 11.5 Å². The van der Waals surface area contributed by atoms with Crippen LogP contribution in [0, 0.1) is 6.92 Å². The van der Waals surface area contributed by atoms with Gasteiger partial charge in [0.1, 0.15) is 5.82 Å². The first-order valence-corrected chi connectivity index (χ1v) is 10.3. The van der Waals surface area contributed by atoms with E-state index in [9.17, 15) is 8.42 Å². The Morgan fingerprint density at radius 2 is 1.68 bits per heavy atom. The van der Waals surface area contributed by atoms with E-state index < -0.39 is 10.0 Å². The van der Waals surface area contributed by atoms with Gasteiger partial charge in [0.05, 0.1) is 21.6 Å². The summed E-state index contributed by atoms with van der Waals surface area (Å²) in [6.45, 7) is 2.05. The molecule has 0 saturated carbocycles. The number of sulfonamides is 1. The van der Waals surface area contributed by atoms with Crippen molar-refractivity contribution in [1.82, 2.24) is 9.97 Å². The Balaban J connectivity index is 1.57. The quantitative estimate of drug-likeness (QED) is 0.513. The molecule has 140 valence electrons. The average molecular weight is 389 g/mol. The zero-order chi connectivity index (χ0) is 19.6. The summed E-state index contributed by atoms with van der Waals surface area (Å²) in [7, 11) is -3.62. The second kappa shape index (κ2) is 7.32. The third-order valence-corrected chi connectivity index (χ3v) is 5.71. The number of nitrogens with one attached hydrogen (secondary N) is 2. The van der Waals surface area contributed by atoms with Crippen LogP contribution in [-0.2, 0) is 10.0 Å². The molecule has 2 N–H and O–H groups in total. The van der Waals surface area contributed by atoms with Gasteiger partial charge in [-0.25, -0.2) is 13.4 Å². The third kappa shape index (κ3) is 3.97. The smallest absolute Gasteiger partial charge is 0.261 e. The van der Waals surface area contributed by atoms with Crippen LogP contribution in [-0.4, -0.2) is 18.4 Å². The molecule has 1 heterocycles. The number of aromatic nitrogens is 2. The molecule has 0 amide bonds. The maximum absolute atomic E-state index is 12.5. The molecule has 3 aromatic carbocycles. The molecule has 4 aromatic rings. The van der Waals surface area contributed by atoms with E-state index >= 15 is 0 Å². The van der Waals surface area contributed by atoms with Gasteiger partial charge in [0.2, 0.25) is 0 Å². The predicted molar refractivity (Wildman–Crippen MR) is 113 cm³/mol. The summed E-state index contributed by atoms with van der Waals surface area (Å²) in [6.07, 6.45) is 3.88. The van der Waals surface area contributed by atoms with E-state index in [4.69, 9.17) is 0 Å². The van der Waals surface area contributed by atoms with E-state index in [2.05, 4.69) is 33.7 Å². The number of fused-ring (bicyclic) bond motifs is 1. The normalized spacial score (nSPS) is 11.9. The monoisotopic (exact) mass is 389 g/mol. The topological polar surface area (TPSA) is 74.8 Å². The molecule has 6 heteroatoms. The molecule has 0 spiro atoms. The Bertz CT molecular complexity index is 1240. The largest absolute Gasteiger partial charge is 0.338 e. The van der Waals surface area contributed by atoms with Crippen LogP contribution in [0.1, 0.15) is 17.0 Å². The van der Waals surface area contributed by atoms with Crippen molar-refractivity contribution in [3.05, 3.63) is 89.7 Å². The number of hydrogen-bond acceptors (Lipinski definition) is 3. The maximum Gasteiger partial charge on any atom is 0.261 e. The van der Waals surface area contributed by atoms with Crippen LogP contribution in [0.25, 0.3) is 23.2 Å². The van der Waals surface area contributed by atoms with E-state index in [1.54, 1.807) is 48.5 Å². The van der Waals surface area contributed by atoms with Gasteiger partial charge in [-0.15, -0.1) is 0 Å². The number of aromatic amines is 1. The Morgan fingerprint density at radius 1 is 0.929 bits per heavy atom. The van der Waals surface area contributed by atoms with Crippen molar-refractivity contribution in [1.29, 1.82) is 0 Å². The summed E-state index contributed by atoms with van der Waals surface area (Å²) in [5, 5.41) is 0. The molecule has 0 atom stereocenters. The van der Waals surface area contributed by atoms with Gasteiger partial charge in [-0.05, 0) is 48.9 Å². The number of hydrogen-bond donors (Lipinski definition) is 2. The van der Waals surface area contributed by atoms with Crippen molar-refractivity contribution < 1.29 is 8.42 Å². The number of anilines is 1. The molecular weight excluding hydrogens is 370 g/mol. The van der Waals surface area contributed by atoms with Gasteiger partial charge >= 0.3 is 0 Å². The Hall–Kier alpha value is -3.38. The number of imidazole rings is 1. The van der Waals surface area contributed by atoms with Gasteiger partial charge in [-0.1, -0.05) is 54.1 Å². The fourth-order valence-corrected chi connectivity index (χ4v) is 3.91. The summed E-state index contributed by atoms with van der Waals surface area (Å²) in [5.74, 6) is 0.707. The lowest BCUT2D eigenvalue weighted by atomic mass is 10.1. The van der Waals surface area contributed by atoms with Crippen LogP contribution in [0.2, 0.25) is 0 Å². The lowest BCUT2D eigenvalue weighted by molar-refractivity contribution is 0.601. The average Bonchev–Trinajstić information content (AvgIpc) is 3.10. The first-order valence-electron chi connectivity index (χ1n) is 8.82. The van der Waals surface area contributed by atoms with E-state index in [1.165, 1.54) is 5.56 Å². The fraction of sp³-hybridized carbons (Fsp3) is 0.0455. The molecule has 0 bridgehead atoms. The second-order valence-corrected chi connectivity index (χ2v) is 8.20. The molecule has 0 fully saturated rings. The van der Waals surface area contributed by atoms with Gasteiger partial charge in [0.25, 0.3) is 10.0 Å². The van der Waals surface area contributed by atoms with Gasteiger partial charge in [0, 0.05) is 0 Å². The van der Waals surface area contributed by atoms with Crippen molar-refractivity contribution in [2.45, 2.75) is 11.8 Å². The SMILES string of the molecule is Cc1ccc(C=Cc2nc3ccc(NS(=O)(=O)c4ccccc4)cc3[nH]2)cc1. The summed E-state index contributed by atoms with van der Waals surface area (Å²) in [6, 6.07) is 21.7. The predicted octanol–water partition coefficient (Wildman–Crippen LogP) is 4.84. The van der Waals surface area contributed by atoms with Gasteiger partial charge in [-0.2, -0.15) is 0 Å². The van der Waals surface area contributed by atoms with Crippen LogP contribution in [0.5, 0.6) is 0 Å². The first-order chi connectivity index (χ1) is 13.5. The third-order valence-electron chi connectivity index (χ3n) is 4.32. The molecule has 0 aliphatic heterocycles. The number of rotatable bonds is 5. The molecule has 1 aromatic heterocycles. The van der Waals surface area contributed by atoms with Gasteiger partial charge in [-0.3, -0.25) is 4.72 Å². The zero-order valence-corrected chi connectivity index (χ0v) is 16.1. The first kappa shape index (κ1) is 18.0. The number of H-pyrrole nitrogens is 1. The maximum atomic E-state index is 12.5. The van der Waals surface area contributed by atoms with E-state index in [-0.39, 0.29) is 4.90 Å². The summed E-state index contributed by atoms with van der Waals surface area (Å²) >= 11 is 0. The summed E-state index contributed by atoms with van der Waals surface area (Å²) < 4.78 is 27.6. The van der Waals surface area contributed by atoms with Crippen molar-refractivity contribution in [2.75, 3.05) is 4.72 Å². The molecule has 4 rings (SSSR count). The van der Waals surface area contributed by atoms with Crippen LogP contribution in [0.15, 0.2) is 77.7 Å². The minimum atomic E-state index is -3.62. The van der Waals surface area contributed by atoms with Gasteiger partial charge in [0.15, 0.2) is 0 Å². The molecule has 0 aliphatic carbocycles. The van der Waals surface area contributed by atoms with Gasteiger partial charge < -0.3 is 4.98 Å². The number of benzene rings is 3. The molecule has 5 nitrogen and oxygen atoms in total. The van der Waals surface area contributed by atoms with E-state index in [0.717, 1.165) is 16.6 Å². The number of aryl methyl sites for hydroxylation is 1. The molecule has 0 saturated heterocycles. The highest BCUT2D eigenvalue weighted by Crippen LogP contribution is 2.21. The van der Waals surface area contributed by atoms with Crippen LogP contribution in [0.3, 0.4) is 0 Å². The molecule has 0 aliphatic rings. The second-order valence-electron chi connectivity index (χ2n) is 6.52. The standard InChI is InChI=1S/C22H19N3O2S/c1-16-7-9-17(10-8-16)11-14-22-23-20-13-12-18(15-21(20)24-22)25-28(26,27)19-5-3-2-4-6-19/h2-15,25H,1H3,(H,23,24). The zero-order valence-electron chi connectivity index (χ0n) is 15.3. The highest BCUT2D eigenvalue weighted by molar-refractivity contribution is 7.92. The molecule has 28 heavy (non-hydrogen) atoms. The Morgan fingerprint density at radius 3 is 2.43 bits per heavy atom. The van der Waals surface area contributed by atoms with Crippen molar-refractivity contribution >= 4 is 38.9 Å². The Kier molecular flexibility index (Phi) is 4.71. The van der Waals surface area contributed by atoms with Crippen LogP contribution >= 0.6 is 0 Å². The Labute approximate surface area is 163 Å². The van der Waals surface area contributed by atoms with E-state index in [1.807, 2.05) is 24.3 Å². The van der Waals surface area contributed by atoms with Crippen LogP contribution < -0.4 is 4.72 Å². The lowest BCUT2D eigenvalue weighted by Gasteiger charge is -2.07. The lowest BCUT2D eigenvalue weighted by Crippen LogP contribution is -2.12. The molecular formula is C22H19N3O2S. The highest BCUT2D eigenvalue weighted by Gasteiger charge is 2.14. The minimum Gasteiger partial charge on any atom is -0.338 e. The van der Waals surface area contributed by atoms with Crippen molar-refractivity contribution in [2.24, 2.45) is 0 Å².